The number of methoxy groups -OCH3 is 1. The van der Waals surface area contributed by atoms with Crippen molar-refractivity contribution in [2.75, 3.05) is 19.0 Å². The molecule has 1 aromatic carbocycles. The summed E-state index contributed by atoms with van der Waals surface area (Å²) in [5.41, 5.74) is 0.544. The van der Waals surface area contributed by atoms with Gasteiger partial charge >= 0.3 is 0 Å². The molecule has 0 radical (unpaired) electrons. The second-order valence-electron chi connectivity index (χ2n) is 5.76. The first kappa shape index (κ1) is 19.2. The largest absolute Gasteiger partial charge is 0.467 e. The highest BCUT2D eigenvalue weighted by molar-refractivity contribution is 7.89. The first-order chi connectivity index (χ1) is 11.8. The van der Waals surface area contributed by atoms with Gasteiger partial charge in [-0.1, -0.05) is 13.8 Å². The lowest BCUT2D eigenvalue weighted by molar-refractivity contribution is -0.118. The van der Waals surface area contributed by atoms with Crippen LogP contribution in [0.1, 0.15) is 25.7 Å². The molecule has 2 N–H and O–H groups in total. The topological polar surface area (TPSA) is 97.6 Å². The van der Waals surface area contributed by atoms with E-state index in [4.69, 9.17) is 9.15 Å². The van der Waals surface area contributed by atoms with Crippen molar-refractivity contribution in [1.82, 2.24) is 4.72 Å². The Morgan fingerprint density at radius 2 is 1.88 bits per heavy atom. The molecule has 0 aliphatic rings. The predicted molar refractivity (Wildman–Crippen MR) is 93.6 cm³/mol. The molecule has 1 amide bonds. The number of hydrogen-bond donors (Lipinski definition) is 2. The molecule has 1 unspecified atom stereocenters. The van der Waals surface area contributed by atoms with Crippen molar-refractivity contribution in [1.29, 1.82) is 0 Å². The molecule has 0 aliphatic carbocycles. The van der Waals surface area contributed by atoms with Crippen LogP contribution in [0, 0.1) is 5.92 Å². The lowest BCUT2D eigenvalue weighted by Gasteiger charge is -2.14. The van der Waals surface area contributed by atoms with Crippen molar-refractivity contribution in [3.05, 3.63) is 48.4 Å². The van der Waals surface area contributed by atoms with Crippen LogP contribution in [0.15, 0.2) is 52.0 Å². The summed E-state index contributed by atoms with van der Waals surface area (Å²) in [6.45, 7) is 3.60. The number of rotatable bonds is 8. The maximum Gasteiger partial charge on any atom is 0.240 e. The van der Waals surface area contributed by atoms with E-state index < -0.39 is 16.1 Å². The SMILES string of the molecule is COC(CNS(=O)(=O)c1ccc(NC(=O)C(C)C)cc1)c1ccco1. The van der Waals surface area contributed by atoms with Crippen LogP contribution in [0.25, 0.3) is 0 Å². The van der Waals surface area contributed by atoms with E-state index in [-0.39, 0.29) is 23.3 Å². The molecule has 0 spiro atoms. The smallest absolute Gasteiger partial charge is 0.240 e. The minimum absolute atomic E-state index is 0.0399. The van der Waals surface area contributed by atoms with Crippen LogP contribution >= 0.6 is 0 Å². The third-order valence-electron chi connectivity index (χ3n) is 3.56. The summed E-state index contributed by atoms with van der Waals surface area (Å²) in [6, 6.07) is 9.40. The Balaban J connectivity index is 2.02. The molecule has 1 aromatic heterocycles. The van der Waals surface area contributed by atoms with Crippen LogP contribution in [0.3, 0.4) is 0 Å². The summed E-state index contributed by atoms with van der Waals surface area (Å²) in [7, 11) is -2.22. The van der Waals surface area contributed by atoms with Crippen LogP contribution in [-0.2, 0) is 19.6 Å². The molecule has 8 heteroatoms. The van der Waals surface area contributed by atoms with Gasteiger partial charge in [-0.25, -0.2) is 13.1 Å². The number of amides is 1. The molecular weight excluding hydrogens is 344 g/mol. The Morgan fingerprint density at radius 3 is 2.40 bits per heavy atom. The first-order valence-electron chi connectivity index (χ1n) is 7.80. The number of carbonyl (C=O) groups excluding carboxylic acids is 1. The Kier molecular flexibility index (Phi) is 6.35. The molecule has 7 nitrogen and oxygen atoms in total. The molecular formula is C17H22N2O5S. The van der Waals surface area contributed by atoms with E-state index in [2.05, 4.69) is 10.0 Å². The molecule has 0 aliphatic heterocycles. The van der Waals surface area contributed by atoms with Gasteiger partial charge in [0.25, 0.3) is 0 Å². The van der Waals surface area contributed by atoms with Crippen LogP contribution in [0.4, 0.5) is 5.69 Å². The minimum atomic E-state index is -3.70. The highest BCUT2D eigenvalue weighted by Crippen LogP contribution is 2.18. The van der Waals surface area contributed by atoms with Crippen molar-refractivity contribution >= 4 is 21.6 Å². The van der Waals surface area contributed by atoms with Gasteiger partial charge in [0.2, 0.25) is 15.9 Å². The third-order valence-corrected chi connectivity index (χ3v) is 5.00. The Labute approximate surface area is 147 Å². The Bertz CT molecular complexity index is 783. The molecule has 0 saturated carbocycles. The number of sulfonamides is 1. The van der Waals surface area contributed by atoms with Gasteiger partial charge in [-0.15, -0.1) is 0 Å². The van der Waals surface area contributed by atoms with Gasteiger partial charge in [-0.2, -0.15) is 0 Å². The van der Waals surface area contributed by atoms with E-state index in [1.807, 2.05) is 0 Å². The van der Waals surface area contributed by atoms with Crippen LogP contribution in [-0.4, -0.2) is 28.0 Å². The summed E-state index contributed by atoms with van der Waals surface area (Å²) in [4.78, 5) is 11.8. The lowest BCUT2D eigenvalue weighted by atomic mass is 10.2. The number of hydrogen-bond acceptors (Lipinski definition) is 5. The average Bonchev–Trinajstić information content (AvgIpc) is 3.10. The van der Waals surface area contributed by atoms with Crippen molar-refractivity contribution in [2.45, 2.75) is 24.8 Å². The maximum atomic E-state index is 12.4. The maximum absolute atomic E-state index is 12.4. The quantitative estimate of drug-likeness (QED) is 0.748. The molecule has 2 aromatic rings. The molecule has 25 heavy (non-hydrogen) atoms. The molecule has 0 saturated heterocycles. The van der Waals surface area contributed by atoms with Gasteiger partial charge < -0.3 is 14.5 Å². The van der Waals surface area contributed by atoms with Gasteiger partial charge in [0.15, 0.2) is 0 Å². The number of anilines is 1. The minimum Gasteiger partial charge on any atom is -0.467 e. The third kappa shape index (κ3) is 5.15. The lowest BCUT2D eigenvalue weighted by Crippen LogP contribution is -2.29. The Morgan fingerprint density at radius 1 is 1.20 bits per heavy atom. The zero-order valence-electron chi connectivity index (χ0n) is 14.4. The molecule has 0 bridgehead atoms. The van der Waals surface area contributed by atoms with Crippen molar-refractivity contribution < 1.29 is 22.4 Å². The summed E-state index contributed by atoms with van der Waals surface area (Å²) in [5.74, 6) is 0.254. The number of carbonyl (C=O) groups is 1. The summed E-state index contributed by atoms with van der Waals surface area (Å²) in [6.07, 6.45) is 0.981. The van der Waals surface area contributed by atoms with Crippen LogP contribution < -0.4 is 10.0 Å². The standard InChI is InChI=1S/C17H22N2O5S/c1-12(2)17(20)19-13-6-8-14(9-7-13)25(21,22)18-11-16(23-3)15-5-4-10-24-15/h4-10,12,16,18H,11H2,1-3H3,(H,19,20). The average molecular weight is 366 g/mol. The highest BCUT2D eigenvalue weighted by Gasteiger charge is 2.19. The number of furan rings is 1. The second-order valence-corrected chi connectivity index (χ2v) is 7.53. The van der Waals surface area contributed by atoms with Gasteiger partial charge in [-0.05, 0) is 36.4 Å². The fraction of sp³-hybridized carbons (Fsp3) is 0.353. The predicted octanol–water partition coefficient (Wildman–Crippen LogP) is 2.54. The first-order valence-corrected chi connectivity index (χ1v) is 9.28. The van der Waals surface area contributed by atoms with Gasteiger partial charge in [-0.3, -0.25) is 4.79 Å². The number of ether oxygens (including phenoxy) is 1. The number of benzene rings is 1. The second kappa shape index (κ2) is 8.28. The zero-order valence-corrected chi connectivity index (χ0v) is 15.2. The van der Waals surface area contributed by atoms with Crippen molar-refractivity contribution in [3.63, 3.8) is 0 Å². The van der Waals surface area contributed by atoms with E-state index in [1.54, 1.807) is 38.1 Å². The van der Waals surface area contributed by atoms with Gasteiger partial charge in [0.05, 0.1) is 11.2 Å². The molecule has 2 rings (SSSR count). The fourth-order valence-corrected chi connectivity index (χ4v) is 3.08. The fourth-order valence-electron chi connectivity index (χ4n) is 2.05. The van der Waals surface area contributed by atoms with Crippen molar-refractivity contribution in [2.24, 2.45) is 5.92 Å². The molecule has 1 atom stereocenters. The van der Waals surface area contributed by atoms with Gasteiger partial charge in [0.1, 0.15) is 11.9 Å². The van der Waals surface area contributed by atoms with Gasteiger partial charge in [0, 0.05) is 25.3 Å². The summed E-state index contributed by atoms with van der Waals surface area (Å²) in [5, 5.41) is 2.71. The normalized spacial score (nSPS) is 13.0. The zero-order chi connectivity index (χ0) is 18.4. The van der Waals surface area contributed by atoms with Crippen molar-refractivity contribution in [3.8, 4) is 0 Å². The molecule has 0 fully saturated rings. The number of nitrogens with one attached hydrogen (secondary N) is 2. The van der Waals surface area contributed by atoms with E-state index in [9.17, 15) is 13.2 Å². The van der Waals surface area contributed by atoms with E-state index in [0.29, 0.717) is 11.4 Å². The summed E-state index contributed by atoms with van der Waals surface area (Å²) < 4.78 is 37.7. The molecule has 136 valence electrons. The highest BCUT2D eigenvalue weighted by atomic mass is 32.2. The Hall–Kier alpha value is -2.16. The summed E-state index contributed by atoms with van der Waals surface area (Å²) >= 11 is 0. The van der Waals surface area contributed by atoms with E-state index >= 15 is 0 Å². The molecule has 1 heterocycles. The monoisotopic (exact) mass is 366 g/mol. The van der Waals surface area contributed by atoms with E-state index in [1.165, 1.54) is 25.5 Å². The van der Waals surface area contributed by atoms with E-state index in [0.717, 1.165) is 0 Å². The van der Waals surface area contributed by atoms with Crippen LogP contribution in [0.5, 0.6) is 0 Å². The van der Waals surface area contributed by atoms with Crippen LogP contribution in [0.2, 0.25) is 0 Å².